The van der Waals surface area contributed by atoms with Crippen molar-refractivity contribution in [3.05, 3.63) is 35.2 Å². The molecule has 1 N–H and O–H groups in total. The number of imidazole rings is 1. The third-order valence-corrected chi connectivity index (χ3v) is 4.39. The van der Waals surface area contributed by atoms with Crippen LogP contribution in [0.25, 0.3) is 5.65 Å². The molecule has 4 heteroatoms. The van der Waals surface area contributed by atoms with Gasteiger partial charge in [0.05, 0.1) is 5.69 Å². The van der Waals surface area contributed by atoms with Crippen molar-refractivity contribution in [1.82, 2.24) is 14.7 Å². The molecule has 1 fully saturated rings. The van der Waals surface area contributed by atoms with Gasteiger partial charge < -0.3 is 9.72 Å². The van der Waals surface area contributed by atoms with E-state index in [1.165, 1.54) is 5.69 Å². The quantitative estimate of drug-likeness (QED) is 0.922. The SMILES string of the molecule is CCNC1CC(c2c(Cl)nc3ccccn23)C1C. The molecule has 2 aromatic rings. The molecule has 0 aliphatic heterocycles. The molecule has 3 nitrogen and oxygen atoms in total. The lowest BCUT2D eigenvalue weighted by atomic mass is 9.69. The summed E-state index contributed by atoms with van der Waals surface area (Å²) in [6.07, 6.45) is 3.20. The van der Waals surface area contributed by atoms with E-state index >= 15 is 0 Å². The molecular weight excluding hydrogens is 246 g/mol. The molecule has 0 amide bonds. The Morgan fingerprint density at radius 2 is 2.33 bits per heavy atom. The second-order valence-electron chi connectivity index (χ2n) is 5.08. The van der Waals surface area contributed by atoms with Crippen molar-refractivity contribution in [2.45, 2.75) is 32.2 Å². The van der Waals surface area contributed by atoms with Crippen molar-refractivity contribution in [2.75, 3.05) is 6.54 Å². The highest BCUT2D eigenvalue weighted by atomic mass is 35.5. The number of nitrogens with one attached hydrogen (secondary N) is 1. The standard InChI is InChI=1S/C14H18ClN3/c1-3-16-11-8-10(9(11)2)13-14(15)17-12-6-4-5-7-18(12)13/h4-7,9-11,16H,3,8H2,1-2H3. The van der Waals surface area contributed by atoms with Crippen LogP contribution >= 0.6 is 11.6 Å². The van der Waals surface area contributed by atoms with E-state index in [0.717, 1.165) is 18.6 Å². The van der Waals surface area contributed by atoms with Crippen LogP contribution in [0.4, 0.5) is 0 Å². The van der Waals surface area contributed by atoms with E-state index in [-0.39, 0.29) is 0 Å². The normalized spacial score (nSPS) is 27.4. The molecule has 96 valence electrons. The Bertz CT molecular complexity index is 563. The monoisotopic (exact) mass is 263 g/mol. The van der Waals surface area contributed by atoms with Crippen LogP contribution in [0.3, 0.4) is 0 Å². The minimum absolute atomic E-state index is 0.513. The Hall–Kier alpha value is -1.06. The Morgan fingerprint density at radius 3 is 3.06 bits per heavy atom. The minimum atomic E-state index is 0.513. The predicted octanol–water partition coefficient (Wildman–Crippen LogP) is 3.09. The lowest BCUT2D eigenvalue weighted by molar-refractivity contribution is 0.183. The van der Waals surface area contributed by atoms with Crippen LogP contribution < -0.4 is 5.32 Å². The Morgan fingerprint density at radius 1 is 1.50 bits per heavy atom. The Kier molecular flexibility index (Phi) is 3.04. The maximum absolute atomic E-state index is 6.31. The first-order chi connectivity index (χ1) is 8.72. The lowest BCUT2D eigenvalue weighted by Gasteiger charge is -2.43. The van der Waals surface area contributed by atoms with E-state index in [4.69, 9.17) is 11.6 Å². The van der Waals surface area contributed by atoms with E-state index in [1.54, 1.807) is 0 Å². The summed E-state index contributed by atoms with van der Waals surface area (Å²) in [6, 6.07) is 6.64. The topological polar surface area (TPSA) is 29.3 Å². The van der Waals surface area contributed by atoms with Gasteiger partial charge in [0.25, 0.3) is 0 Å². The molecule has 1 aliphatic rings. The smallest absolute Gasteiger partial charge is 0.151 e. The number of aromatic nitrogens is 2. The van der Waals surface area contributed by atoms with Gasteiger partial charge >= 0.3 is 0 Å². The molecule has 0 bridgehead atoms. The summed E-state index contributed by atoms with van der Waals surface area (Å²) < 4.78 is 2.13. The van der Waals surface area contributed by atoms with Crippen molar-refractivity contribution in [2.24, 2.45) is 5.92 Å². The average molecular weight is 264 g/mol. The molecule has 2 heterocycles. The van der Waals surface area contributed by atoms with E-state index in [2.05, 4.69) is 34.7 Å². The van der Waals surface area contributed by atoms with Crippen molar-refractivity contribution in [3.8, 4) is 0 Å². The largest absolute Gasteiger partial charge is 0.314 e. The van der Waals surface area contributed by atoms with Gasteiger partial charge in [-0.25, -0.2) is 4.98 Å². The van der Waals surface area contributed by atoms with E-state index < -0.39 is 0 Å². The molecular formula is C14H18ClN3. The highest BCUT2D eigenvalue weighted by Gasteiger charge is 2.40. The van der Waals surface area contributed by atoms with E-state index in [1.807, 2.05) is 18.2 Å². The second-order valence-corrected chi connectivity index (χ2v) is 5.44. The fraction of sp³-hybridized carbons (Fsp3) is 0.500. The molecule has 1 aliphatic carbocycles. The summed E-state index contributed by atoms with van der Waals surface area (Å²) in [5.41, 5.74) is 2.12. The number of pyridine rings is 1. The van der Waals surface area contributed by atoms with Crippen LogP contribution in [0.15, 0.2) is 24.4 Å². The predicted molar refractivity (Wildman–Crippen MR) is 74.2 cm³/mol. The fourth-order valence-electron chi connectivity index (χ4n) is 3.00. The maximum atomic E-state index is 6.31. The zero-order valence-corrected chi connectivity index (χ0v) is 11.5. The first-order valence-corrected chi connectivity index (χ1v) is 6.96. The molecule has 0 saturated heterocycles. The van der Waals surface area contributed by atoms with Gasteiger partial charge in [0, 0.05) is 18.2 Å². The van der Waals surface area contributed by atoms with Gasteiger partial charge in [-0.05, 0) is 31.0 Å². The van der Waals surface area contributed by atoms with Gasteiger partial charge in [0.1, 0.15) is 5.65 Å². The van der Waals surface area contributed by atoms with Gasteiger partial charge in [-0.2, -0.15) is 0 Å². The van der Waals surface area contributed by atoms with Crippen LogP contribution in [-0.4, -0.2) is 22.0 Å². The van der Waals surface area contributed by atoms with Crippen molar-refractivity contribution >= 4 is 17.2 Å². The number of halogens is 1. The van der Waals surface area contributed by atoms with E-state index in [0.29, 0.717) is 23.0 Å². The molecule has 0 spiro atoms. The van der Waals surface area contributed by atoms with Crippen LogP contribution in [0.2, 0.25) is 5.15 Å². The number of nitrogens with zero attached hydrogens (tertiary/aromatic N) is 2. The van der Waals surface area contributed by atoms with Crippen LogP contribution in [0.1, 0.15) is 31.9 Å². The zero-order chi connectivity index (χ0) is 12.7. The summed E-state index contributed by atoms with van der Waals surface area (Å²) in [5.74, 6) is 1.13. The molecule has 1 saturated carbocycles. The first kappa shape index (κ1) is 12.0. The van der Waals surface area contributed by atoms with Crippen LogP contribution in [0, 0.1) is 5.92 Å². The minimum Gasteiger partial charge on any atom is -0.314 e. The Labute approximate surface area is 112 Å². The zero-order valence-electron chi connectivity index (χ0n) is 10.7. The van der Waals surface area contributed by atoms with Crippen molar-refractivity contribution in [3.63, 3.8) is 0 Å². The third-order valence-electron chi connectivity index (χ3n) is 4.12. The Balaban J connectivity index is 1.94. The summed E-state index contributed by atoms with van der Waals surface area (Å²) in [7, 11) is 0. The molecule has 3 rings (SSSR count). The van der Waals surface area contributed by atoms with Crippen molar-refractivity contribution < 1.29 is 0 Å². The summed E-state index contributed by atoms with van der Waals surface area (Å²) in [4.78, 5) is 4.43. The molecule has 18 heavy (non-hydrogen) atoms. The highest BCUT2D eigenvalue weighted by Crippen LogP contribution is 2.44. The average Bonchev–Trinajstić information content (AvgIpc) is 2.70. The third kappa shape index (κ3) is 1.73. The van der Waals surface area contributed by atoms with Gasteiger partial charge in [0.15, 0.2) is 5.15 Å². The van der Waals surface area contributed by atoms with Gasteiger partial charge in [0.2, 0.25) is 0 Å². The molecule has 3 atom stereocenters. The fourth-order valence-corrected chi connectivity index (χ4v) is 3.32. The van der Waals surface area contributed by atoms with Gasteiger partial charge in [-0.3, -0.25) is 0 Å². The molecule has 0 radical (unpaired) electrons. The number of rotatable bonds is 3. The number of hydrogen-bond acceptors (Lipinski definition) is 2. The second kappa shape index (κ2) is 4.56. The highest BCUT2D eigenvalue weighted by molar-refractivity contribution is 6.30. The summed E-state index contributed by atoms with van der Waals surface area (Å²) >= 11 is 6.31. The van der Waals surface area contributed by atoms with Crippen LogP contribution in [0.5, 0.6) is 0 Å². The summed E-state index contributed by atoms with van der Waals surface area (Å²) in [5, 5.41) is 4.18. The van der Waals surface area contributed by atoms with Gasteiger partial charge in [-0.15, -0.1) is 0 Å². The number of fused-ring (bicyclic) bond motifs is 1. The maximum Gasteiger partial charge on any atom is 0.151 e. The molecule has 0 aromatic carbocycles. The van der Waals surface area contributed by atoms with Gasteiger partial charge in [-0.1, -0.05) is 31.5 Å². The van der Waals surface area contributed by atoms with E-state index in [9.17, 15) is 0 Å². The first-order valence-electron chi connectivity index (χ1n) is 6.58. The molecule has 3 unspecified atom stereocenters. The molecule has 2 aromatic heterocycles. The number of hydrogen-bond donors (Lipinski definition) is 1. The van der Waals surface area contributed by atoms with Crippen LogP contribution in [-0.2, 0) is 0 Å². The van der Waals surface area contributed by atoms with Crippen molar-refractivity contribution in [1.29, 1.82) is 0 Å². The lowest BCUT2D eigenvalue weighted by Crippen LogP contribution is -2.48. The summed E-state index contributed by atoms with van der Waals surface area (Å²) in [6.45, 7) is 5.48.